The van der Waals surface area contributed by atoms with Crippen LogP contribution in [0.4, 0.5) is 0 Å². The van der Waals surface area contributed by atoms with Gasteiger partial charge in [-0.3, -0.25) is 9.59 Å². The molecule has 0 spiro atoms. The van der Waals surface area contributed by atoms with Crippen molar-refractivity contribution in [3.63, 3.8) is 0 Å². The predicted octanol–water partition coefficient (Wildman–Crippen LogP) is 2.18. The zero-order valence-corrected chi connectivity index (χ0v) is 15.9. The minimum absolute atomic E-state index is 0.0519. The molecule has 7 heteroatoms. The van der Waals surface area contributed by atoms with Gasteiger partial charge in [-0.2, -0.15) is 0 Å². The van der Waals surface area contributed by atoms with Crippen LogP contribution in [0.1, 0.15) is 22.8 Å². The van der Waals surface area contributed by atoms with Crippen LogP contribution >= 0.6 is 0 Å². The third kappa shape index (κ3) is 7.11. The maximum Gasteiger partial charge on any atom is 0.344 e. The molecule has 2 aromatic carbocycles. The standard InChI is InChI=1S/C21H23NO6/c1-15(23)17-5-9-19(10-6-17)27-14-21(25)28-13-20(24)22-12-11-16-3-7-18(26-2)8-4-16/h3-10H,11-14H2,1-2H3,(H,22,24). The number of amides is 1. The summed E-state index contributed by atoms with van der Waals surface area (Å²) in [5, 5.41) is 2.69. The Bertz CT molecular complexity index is 799. The van der Waals surface area contributed by atoms with E-state index in [4.69, 9.17) is 14.2 Å². The zero-order valence-electron chi connectivity index (χ0n) is 15.9. The molecular formula is C21H23NO6. The molecule has 28 heavy (non-hydrogen) atoms. The number of benzene rings is 2. The fourth-order valence-corrected chi connectivity index (χ4v) is 2.31. The van der Waals surface area contributed by atoms with Gasteiger partial charge in [-0.05, 0) is 55.3 Å². The molecule has 0 radical (unpaired) electrons. The molecule has 2 rings (SSSR count). The average Bonchev–Trinajstić information content (AvgIpc) is 2.71. The van der Waals surface area contributed by atoms with Gasteiger partial charge < -0.3 is 19.5 Å². The molecular weight excluding hydrogens is 362 g/mol. The quantitative estimate of drug-likeness (QED) is 0.498. The molecule has 1 N–H and O–H groups in total. The summed E-state index contributed by atoms with van der Waals surface area (Å²) in [5.74, 6) is 0.125. The van der Waals surface area contributed by atoms with Crippen molar-refractivity contribution in [3.8, 4) is 11.5 Å². The van der Waals surface area contributed by atoms with Gasteiger partial charge in [0.1, 0.15) is 11.5 Å². The second kappa shape index (κ2) is 10.7. The minimum atomic E-state index is -0.652. The Balaban J connectivity index is 1.62. The fourth-order valence-electron chi connectivity index (χ4n) is 2.31. The molecule has 0 aromatic heterocycles. The molecule has 0 bridgehead atoms. The molecule has 0 heterocycles. The second-order valence-electron chi connectivity index (χ2n) is 5.98. The summed E-state index contributed by atoms with van der Waals surface area (Å²) in [6.07, 6.45) is 0.656. The van der Waals surface area contributed by atoms with E-state index >= 15 is 0 Å². The molecule has 2 aromatic rings. The van der Waals surface area contributed by atoms with E-state index in [-0.39, 0.29) is 24.9 Å². The number of hydrogen-bond acceptors (Lipinski definition) is 6. The highest BCUT2D eigenvalue weighted by Gasteiger charge is 2.09. The maximum absolute atomic E-state index is 11.7. The molecule has 0 aliphatic rings. The van der Waals surface area contributed by atoms with Gasteiger partial charge in [-0.1, -0.05) is 12.1 Å². The highest BCUT2D eigenvalue weighted by Crippen LogP contribution is 2.13. The van der Waals surface area contributed by atoms with Crippen molar-refractivity contribution >= 4 is 17.7 Å². The van der Waals surface area contributed by atoms with Gasteiger partial charge in [0.05, 0.1) is 7.11 Å². The van der Waals surface area contributed by atoms with Crippen molar-refractivity contribution in [1.82, 2.24) is 5.32 Å². The van der Waals surface area contributed by atoms with Gasteiger partial charge in [0, 0.05) is 12.1 Å². The Morgan fingerprint density at radius 1 is 0.893 bits per heavy atom. The van der Waals surface area contributed by atoms with E-state index in [0.29, 0.717) is 24.3 Å². The van der Waals surface area contributed by atoms with Gasteiger partial charge in [0.2, 0.25) is 0 Å². The first kappa shape index (κ1) is 21.0. The third-order valence-corrected chi connectivity index (χ3v) is 3.88. The van der Waals surface area contributed by atoms with Gasteiger partial charge >= 0.3 is 5.97 Å². The number of rotatable bonds is 10. The van der Waals surface area contributed by atoms with Crippen LogP contribution in [0.25, 0.3) is 0 Å². The van der Waals surface area contributed by atoms with E-state index in [1.54, 1.807) is 31.4 Å². The molecule has 0 unspecified atom stereocenters. The molecule has 0 saturated heterocycles. The molecule has 0 aliphatic heterocycles. The normalized spacial score (nSPS) is 10.1. The second-order valence-corrected chi connectivity index (χ2v) is 5.98. The highest BCUT2D eigenvalue weighted by molar-refractivity contribution is 5.94. The summed E-state index contributed by atoms with van der Waals surface area (Å²) >= 11 is 0. The predicted molar refractivity (Wildman–Crippen MR) is 103 cm³/mol. The monoisotopic (exact) mass is 385 g/mol. The SMILES string of the molecule is COc1ccc(CCNC(=O)COC(=O)COc2ccc(C(C)=O)cc2)cc1. The smallest absolute Gasteiger partial charge is 0.344 e. The van der Waals surface area contributed by atoms with Crippen LogP contribution in [0, 0.1) is 0 Å². The number of ketones is 1. The lowest BCUT2D eigenvalue weighted by Crippen LogP contribution is -2.31. The molecule has 0 saturated carbocycles. The van der Waals surface area contributed by atoms with E-state index in [0.717, 1.165) is 11.3 Å². The Hall–Kier alpha value is -3.35. The van der Waals surface area contributed by atoms with Crippen molar-refractivity contribution < 1.29 is 28.6 Å². The molecule has 7 nitrogen and oxygen atoms in total. The first-order chi connectivity index (χ1) is 13.5. The summed E-state index contributed by atoms with van der Waals surface area (Å²) in [6, 6.07) is 14.0. The summed E-state index contributed by atoms with van der Waals surface area (Å²) in [5.41, 5.74) is 1.61. The van der Waals surface area contributed by atoms with Crippen molar-refractivity contribution in [3.05, 3.63) is 59.7 Å². The van der Waals surface area contributed by atoms with Crippen LogP contribution in [0.2, 0.25) is 0 Å². The number of Topliss-reactive ketones (excluding diaryl/α,β-unsaturated/α-hetero) is 1. The first-order valence-corrected chi connectivity index (χ1v) is 8.77. The maximum atomic E-state index is 11.7. The minimum Gasteiger partial charge on any atom is -0.497 e. The largest absolute Gasteiger partial charge is 0.497 e. The van der Waals surface area contributed by atoms with Crippen LogP contribution in [0.5, 0.6) is 11.5 Å². The number of hydrogen-bond donors (Lipinski definition) is 1. The average molecular weight is 385 g/mol. The Kier molecular flexibility index (Phi) is 8.02. The lowest BCUT2D eigenvalue weighted by Gasteiger charge is -2.08. The zero-order chi connectivity index (χ0) is 20.4. The van der Waals surface area contributed by atoms with E-state index in [2.05, 4.69) is 5.32 Å². The Labute approximate surface area is 163 Å². The van der Waals surface area contributed by atoms with Crippen LogP contribution in [0.15, 0.2) is 48.5 Å². The van der Waals surface area contributed by atoms with E-state index in [1.165, 1.54) is 6.92 Å². The lowest BCUT2D eigenvalue weighted by atomic mass is 10.1. The number of esters is 1. The van der Waals surface area contributed by atoms with Crippen molar-refractivity contribution in [2.24, 2.45) is 0 Å². The van der Waals surface area contributed by atoms with Gasteiger partial charge in [-0.15, -0.1) is 0 Å². The summed E-state index contributed by atoms with van der Waals surface area (Å²) in [4.78, 5) is 34.6. The van der Waals surface area contributed by atoms with E-state index in [9.17, 15) is 14.4 Å². The number of carbonyl (C=O) groups excluding carboxylic acids is 3. The Morgan fingerprint density at radius 3 is 2.14 bits per heavy atom. The first-order valence-electron chi connectivity index (χ1n) is 8.77. The number of nitrogens with one attached hydrogen (secondary N) is 1. The van der Waals surface area contributed by atoms with Crippen molar-refractivity contribution in [2.75, 3.05) is 26.9 Å². The highest BCUT2D eigenvalue weighted by atomic mass is 16.6. The summed E-state index contributed by atoms with van der Waals surface area (Å²) in [6.45, 7) is 1.21. The summed E-state index contributed by atoms with van der Waals surface area (Å²) < 4.78 is 15.2. The molecule has 0 aliphatic carbocycles. The van der Waals surface area contributed by atoms with Crippen molar-refractivity contribution in [1.29, 1.82) is 0 Å². The number of methoxy groups -OCH3 is 1. The third-order valence-electron chi connectivity index (χ3n) is 3.88. The van der Waals surface area contributed by atoms with Crippen LogP contribution in [0.3, 0.4) is 0 Å². The van der Waals surface area contributed by atoms with Crippen LogP contribution < -0.4 is 14.8 Å². The van der Waals surface area contributed by atoms with Gasteiger partial charge in [0.25, 0.3) is 5.91 Å². The van der Waals surface area contributed by atoms with Crippen LogP contribution in [-0.2, 0) is 20.7 Å². The van der Waals surface area contributed by atoms with E-state index in [1.807, 2.05) is 24.3 Å². The fraction of sp³-hybridized carbons (Fsp3) is 0.286. The van der Waals surface area contributed by atoms with Gasteiger partial charge in [0.15, 0.2) is 19.0 Å². The topological polar surface area (TPSA) is 90.9 Å². The summed E-state index contributed by atoms with van der Waals surface area (Å²) in [7, 11) is 1.60. The Morgan fingerprint density at radius 2 is 1.54 bits per heavy atom. The lowest BCUT2D eigenvalue weighted by molar-refractivity contribution is -0.150. The van der Waals surface area contributed by atoms with Crippen LogP contribution in [-0.4, -0.2) is 44.5 Å². The van der Waals surface area contributed by atoms with Gasteiger partial charge in [-0.25, -0.2) is 4.79 Å². The molecule has 148 valence electrons. The molecule has 0 atom stereocenters. The number of ether oxygens (including phenoxy) is 3. The molecule has 1 amide bonds. The van der Waals surface area contributed by atoms with E-state index < -0.39 is 5.97 Å². The molecule has 0 fully saturated rings. The van der Waals surface area contributed by atoms with Crippen molar-refractivity contribution in [2.45, 2.75) is 13.3 Å². The number of carbonyl (C=O) groups is 3.